The van der Waals surface area contributed by atoms with Gasteiger partial charge in [0, 0.05) is 30.0 Å². The number of alkyl halides is 1. The molecule has 0 fully saturated rings. The van der Waals surface area contributed by atoms with Gasteiger partial charge in [-0.2, -0.15) is 0 Å². The summed E-state index contributed by atoms with van der Waals surface area (Å²) >= 11 is 9.51. The smallest absolute Gasteiger partial charge is 0.0465 e. The minimum atomic E-state index is 0.407. The molecule has 0 aliphatic heterocycles. The molecule has 2 unspecified atom stereocenters. The van der Waals surface area contributed by atoms with Crippen molar-refractivity contribution in [2.75, 3.05) is 19.6 Å². The second kappa shape index (κ2) is 7.31. The zero-order valence-electron chi connectivity index (χ0n) is 9.75. The van der Waals surface area contributed by atoms with E-state index in [2.05, 4.69) is 47.1 Å². The lowest BCUT2D eigenvalue weighted by Gasteiger charge is -2.22. The minimum absolute atomic E-state index is 0.407. The first-order valence-corrected chi connectivity index (χ1v) is 6.82. The molecule has 0 saturated heterocycles. The van der Waals surface area contributed by atoms with Crippen LogP contribution in [0.1, 0.15) is 24.8 Å². The van der Waals surface area contributed by atoms with Crippen LogP contribution in [0.5, 0.6) is 0 Å². The Labute approximate surface area is 111 Å². The fraction of sp³-hybridized carbons (Fsp3) is 0.538. The topological polar surface area (TPSA) is 9.23 Å². The van der Waals surface area contributed by atoms with E-state index in [9.17, 15) is 0 Å². The Kier molecular flexibility index (Phi) is 6.40. The highest BCUT2D eigenvalue weighted by atomic mass is 79.9. The molecule has 1 rings (SSSR count). The summed E-state index contributed by atoms with van der Waals surface area (Å²) in [5.74, 6) is 1.61. The van der Waals surface area contributed by atoms with Crippen molar-refractivity contribution < 1.29 is 4.74 Å². The van der Waals surface area contributed by atoms with E-state index in [1.54, 1.807) is 7.11 Å². The Morgan fingerprint density at radius 2 is 1.94 bits per heavy atom. The van der Waals surface area contributed by atoms with Crippen LogP contribution in [0.25, 0.3) is 0 Å². The molecule has 90 valence electrons. The standard InChI is InChI=1S/C13H18BrClO/c1-10(7-8-16-2)13(9-15)11-3-5-12(14)6-4-11/h3-6,10,13H,7-9H2,1-2H3. The van der Waals surface area contributed by atoms with Gasteiger partial charge in [-0.05, 0) is 30.0 Å². The number of halogens is 2. The van der Waals surface area contributed by atoms with Crippen molar-refractivity contribution in [2.24, 2.45) is 5.92 Å². The van der Waals surface area contributed by atoms with Crippen LogP contribution in [0.3, 0.4) is 0 Å². The number of hydrogen-bond acceptors (Lipinski definition) is 1. The molecule has 0 aromatic heterocycles. The van der Waals surface area contributed by atoms with Crippen molar-refractivity contribution in [3.8, 4) is 0 Å². The fourth-order valence-corrected chi connectivity index (χ4v) is 2.53. The Bertz CT molecular complexity index is 299. The van der Waals surface area contributed by atoms with Crippen LogP contribution >= 0.6 is 27.5 Å². The average molecular weight is 306 g/mol. The molecule has 0 N–H and O–H groups in total. The van der Waals surface area contributed by atoms with Crippen LogP contribution in [0, 0.1) is 5.92 Å². The van der Waals surface area contributed by atoms with Gasteiger partial charge in [-0.1, -0.05) is 35.0 Å². The molecule has 1 aromatic rings. The molecule has 0 saturated carbocycles. The number of hydrogen-bond donors (Lipinski definition) is 0. The van der Waals surface area contributed by atoms with Crippen LogP contribution in [-0.2, 0) is 4.74 Å². The van der Waals surface area contributed by atoms with E-state index in [1.807, 2.05) is 0 Å². The van der Waals surface area contributed by atoms with Gasteiger partial charge in [-0.25, -0.2) is 0 Å². The lowest BCUT2D eigenvalue weighted by atomic mass is 9.87. The largest absolute Gasteiger partial charge is 0.385 e. The number of ether oxygens (including phenoxy) is 1. The fourth-order valence-electron chi connectivity index (χ4n) is 1.78. The number of methoxy groups -OCH3 is 1. The summed E-state index contributed by atoms with van der Waals surface area (Å²) in [5, 5.41) is 0. The van der Waals surface area contributed by atoms with Gasteiger partial charge >= 0.3 is 0 Å². The molecule has 1 nitrogen and oxygen atoms in total. The molecule has 1 aromatic carbocycles. The van der Waals surface area contributed by atoms with Gasteiger partial charge in [0.1, 0.15) is 0 Å². The first kappa shape index (κ1) is 14.0. The van der Waals surface area contributed by atoms with E-state index in [1.165, 1.54) is 5.56 Å². The molecule has 0 bridgehead atoms. The molecule has 0 heterocycles. The van der Waals surface area contributed by atoms with Crippen LogP contribution in [0.2, 0.25) is 0 Å². The Hall–Kier alpha value is -0.0500. The molecule has 0 amide bonds. The maximum atomic E-state index is 6.06. The highest BCUT2D eigenvalue weighted by Crippen LogP contribution is 2.29. The molecular weight excluding hydrogens is 287 g/mol. The van der Waals surface area contributed by atoms with Crippen molar-refractivity contribution in [2.45, 2.75) is 19.3 Å². The maximum Gasteiger partial charge on any atom is 0.0465 e. The zero-order valence-corrected chi connectivity index (χ0v) is 12.1. The van der Waals surface area contributed by atoms with Crippen LogP contribution in [-0.4, -0.2) is 19.6 Å². The SMILES string of the molecule is COCCC(C)C(CCl)c1ccc(Br)cc1. The van der Waals surface area contributed by atoms with Crippen LogP contribution in [0.15, 0.2) is 28.7 Å². The van der Waals surface area contributed by atoms with E-state index < -0.39 is 0 Å². The van der Waals surface area contributed by atoms with Gasteiger partial charge in [-0.3, -0.25) is 0 Å². The Balaban J connectivity index is 2.69. The van der Waals surface area contributed by atoms with Gasteiger partial charge in [0.15, 0.2) is 0 Å². The van der Waals surface area contributed by atoms with Gasteiger partial charge in [0.05, 0.1) is 0 Å². The molecular formula is C13H18BrClO. The predicted octanol–water partition coefficient (Wildman–Crippen LogP) is 4.44. The third-order valence-electron chi connectivity index (χ3n) is 2.93. The van der Waals surface area contributed by atoms with Crippen molar-refractivity contribution >= 4 is 27.5 Å². The highest BCUT2D eigenvalue weighted by Gasteiger charge is 2.17. The molecule has 0 radical (unpaired) electrons. The number of rotatable bonds is 6. The summed E-state index contributed by atoms with van der Waals surface area (Å²) in [4.78, 5) is 0. The van der Waals surface area contributed by atoms with Crippen molar-refractivity contribution in [1.29, 1.82) is 0 Å². The zero-order chi connectivity index (χ0) is 12.0. The van der Waals surface area contributed by atoms with E-state index in [0.29, 0.717) is 17.7 Å². The maximum absolute atomic E-state index is 6.06. The van der Waals surface area contributed by atoms with Gasteiger partial charge in [0.25, 0.3) is 0 Å². The summed E-state index contributed by atoms with van der Waals surface area (Å²) in [7, 11) is 1.74. The average Bonchev–Trinajstić information content (AvgIpc) is 2.30. The molecule has 3 heteroatoms. The summed E-state index contributed by atoms with van der Waals surface area (Å²) < 4.78 is 6.22. The van der Waals surface area contributed by atoms with Crippen LogP contribution in [0.4, 0.5) is 0 Å². The van der Waals surface area contributed by atoms with Gasteiger partial charge < -0.3 is 4.74 Å². The van der Waals surface area contributed by atoms with E-state index in [0.717, 1.165) is 17.5 Å². The molecule has 0 aliphatic carbocycles. The second-order valence-electron chi connectivity index (χ2n) is 4.07. The summed E-state index contributed by atoms with van der Waals surface area (Å²) in [5.41, 5.74) is 1.31. The second-order valence-corrected chi connectivity index (χ2v) is 5.30. The first-order chi connectivity index (χ1) is 7.69. The summed E-state index contributed by atoms with van der Waals surface area (Å²) in [6.45, 7) is 3.03. The molecule has 16 heavy (non-hydrogen) atoms. The molecule has 0 spiro atoms. The van der Waals surface area contributed by atoms with Gasteiger partial charge in [-0.15, -0.1) is 11.6 Å². The molecule has 2 atom stereocenters. The normalized spacial score (nSPS) is 14.8. The van der Waals surface area contributed by atoms with Crippen molar-refractivity contribution in [3.63, 3.8) is 0 Å². The van der Waals surface area contributed by atoms with Crippen molar-refractivity contribution in [1.82, 2.24) is 0 Å². The van der Waals surface area contributed by atoms with E-state index in [-0.39, 0.29) is 0 Å². The summed E-state index contributed by atoms with van der Waals surface area (Å²) in [6, 6.07) is 8.41. The third kappa shape index (κ3) is 4.08. The van der Waals surface area contributed by atoms with E-state index in [4.69, 9.17) is 16.3 Å². The van der Waals surface area contributed by atoms with Gasteiger partial charge in [0.2, 0.25) is 0 Å². The van der Waals surface area contributed by atoms with E-state index >= 15 is 0 Å². The highest BCUT2D eigenvalue weighted by molar-refractivity contribution is 9.10. The van der Waals surface area contributed by atoms with Crippen molar-refractivity contribution in [3.05, 3.63) is 34.3 Å². The first-order valence-electron chi connectivity index (χ1n) is 5.49. The Morgan fingerprint density at radius 3 is 2.44 bits per heavy atom. The quantitative estimate of drug-likeness (QED) is 0.706. The lowest BCUT2D eigenvalue weighted by Crippen LogP contribution is -2.13. The van der Waals surface area contributed by atoms with Crippen LogP contribution < -0.4 is 0 Å². The lowest BCUT2D eigenvalue weighted by molar-refractivity contribution is 0.176. The Morgan fingerprint density at radius 1 is 1.31 bits per heavy atom. The predicted molar refractivity (Wildman–Crippen MR) is 73.3 cm³/mol. The summed E-state index contributed by atoms with van der Waals surface area (Å²) in [6.07, 6.45) is 1.05. The third-order valence-corrected chi connectivity index (χ3v) is 3.79. The number of benzene rings is 1. The molecule has 0 aliphatic rings. The monoisotopic (exact) mass is 304 g/mol. The minimum Gasteiger partial charge on any atom is -0.385 e.